The molecule has 1 aromatic carbocycles. The van der Waals surface area contributed by atoms with Crippen molar-refractivity contribution < 1.29 is 9.30 Å². The van der Waals surface area contributed by atoms with E-state index in [0.29, 0.717) is 16.6 Å². The molecule has 1 aliphatic rings. The van der Waals surface area contributed by atoms with Gasteiger partial charge in [-0.25, -0.2) is 9.78 Å². The minimum atomic E-state index is -0.0909. The molecule has 1 aliphatic heterocycles. The van der Waals surface area contributed by atoms with E-state index >= 15 is 0 Å². The van der Waals surface area contributed by atoms with Gasteiger partial charge in [-0.2, -0.15) is 9.13 Å². The number of methoxy groups -OCH3 is 1. The van der Waals surface area contributed by atoms with Crippen LogP contribution < -0.4 is 14.9 Å². The highest BCUT2D eigenvalue weighted by atomic mass is 35.5. The molecule has 26 heavy (non-hydrogen) atoms. The van der Waals surface area contributed by atoms with Gasteiger partial charge in [0.1, 0.15) is 11.2 Å². The summed E-state index contributed by atoms with van der Waals surface area (Å²) < 4.78 is 9.38. The van der Waals surface area contributed by atoms with E-state index in [1.807, 2.05) is 52.6 Å². The van der Waals surface area contributed by atoms with Gasteiger partial charge in [0.2, 0.25) is 0 Å². The van der Waals surface area contributed by atoms with Gasteiger partial charge in [-0.05, 0) is 23.4 Å². The van der Waals surface area contributed by atoms with Crippen molar-refractivity contribution in [3.63, 3.8) is 0 Å². The van der Waals surface area contributed by atoms with E-state index in [1.54, 1.807) is 31.1 Å². The Labute approximate surface area is 160 Å². The van der Waals surface area contributed by atoms with E-state index in [9.17, 15) is 4.79 Å². The van der Waals surface area contributed by atoms with Crippen molar-refractivity contribution in [1.82, 2.24) is 9.55 Å². The van der Waals surface area contributed by atoms with Gasteiger partial charge >= 0.3 is 10.7 Å². The van der Waals surface area contributed by atoms with Crippen molar-refractivity contribution in [3.05, 3.63) is 69.7 Å². The smallest absolute Gasteiger partial charge is 0.350 e. The van der Waals surface area contributed by atoms with Gasteiger partial charge < -0.3 is 4.74 Å². The lowest BCUT2D eigenvalue weighted by atomic mass is 10.1. The lowest BCUT2D eigenvalue weighted by Crippen LogP contribution is -2.42. The fourth-order valence-electron chi connectivity index (χ4n) is 3.30. The topological polar surface area (TPSA) is 48.0 Å². The second kappa shape index (κ2) is 6.78. The van der Waals surface area contributed by atoms with E-state index in [-0.39, 0.29) is 11.6 Å². The number of hydrogen-bond acceptors (Lipinski definition) is 4. The minimum absolute atomic E-state index is 0.0638. The zero-order valence-corrected chi connectivity index (χ0v) is 15.9. The van der Waals surface area contributed by atoms with Crippen LogP contribution in [0.15, 0.2) is 58.6 Å². The number of benzene rings is 1. The van der Waals surface area contributed by atoms with Crippen LogP contribution in [0.1, 0.15) is 11.6 Å². The van der Waals surface area contributed by atoms with Crippen LogP contribution in [0.25, 0.3) is 11.1 Å². The summed E-state index contributed by atoms with van der Waals surface area (Å²) in [6.07, 6.45) is 1.74. The third kappa shape index (κ3) is 2.70. The first-order valence-electron chi connectivity index (χ1n) is 8.14. The molecule has 0 aliphatic carbocycles. The number of ether oxygens (including phenoxy) is 1. The summed E-state index contributed by atoms with van der Waals surface area (Å²) in [5.74, 6) is 1.32. The second-order valence-corrected chi connectivity index (χ2v) is 7.38. The van der Waals surface area contributed by atoms with E-state index < -0.39 is 0 Å². The summed E-state index contributed by atoms with van der Waals surface area (Å²) in [5.41, 5.74) is 2.30. The molecule has 0 spiro atoms. The van der Waals surface area contributed by atoms with Crippen molar-refractivity contribution in [2.45, 2.75) is 11.2 Å². The first-order valence-corrected chi connectivity index (χ1v) is 9.50. The zero-order valence-electron chi connectivity index (χ0n) is 14.3. The Morgan fingerprint density at radius 3 is 2.69 bits per heavy atom. The molecular formula is C19H17ClN3O2S+. The molecule has 0 bridgehead atoms. The van der Waals surface area contributed by atoms with Gasteiger partial charge in [-0.15, -0.1) is 0 Å². The maximum absolute atomic E-state index is 13.5. The first kappa shape index (κ1) is 17.1. The largest absolute Gasteiger partial charge is 0.465 e. The predicted molar refractivity (Wildman–Crippen MR) is 102 cm³/mol. The zero-order chi connectivity index (χ0) is 18.3. The fourth-order valence-corrected chi connectivity index (χ4v) is 4.69. The third-order valence-electron chi connectivity index (χ3n) is 4.52. The molecule has 4 rings (SSSR count). The number of aromatic nitrogens is 3. The van der Waals surface area contributed by atoms with E-state index in [4.69, 9.17) is 16.3 Å². The maximum Gasteiger partial charge on any atom is 0.350 e. The van der Waals surface area contributed by atoms with E-state index in [0.717, 1.165) is 22.0 Å². The molecule has 0 N–H and O–H groups in total. The Morgan fingerprint density at radius 1 is 1.27 bits per heavy atom. The van der Waals surface area contributed by atoms with Gasteiger partial charge in [0.15, 0.2) is 5.56 Å². The fraction of sp³-hybridized carbons (Fsp3) is 0.211. The normalized spacial score (nSPS) is 15.7. The highest BCUT2D eigenvalue weighted by Crippen LogP contribution is 2.36. The molecule has 0 fully saturated rings. The van der Waals surface area contributed by atoms with Crippen molar-refractivity contribution >= 4 is 23.4 Å². The highest BCUT2D eigenvalue weighted by Gasteiger charge is 2.39. The van der Waals surface area contributed by atoms with Gasteiger partial charge in [-0.1, -0.05) is 48.0 Å². The number of hydrogen-bond donors (Lipinski definition) is 0. The summed E-state index contributed by atoms with van der Waals surface area (Å²) in [6, 6.07) is 13.2. The van der Waals surface area contributed by atoms with Gasteiger partial charge in [0.25, 0.3) is 5.88 Å². The molecule has 1 atom stereocenters. The van der Waals surface area contributed by atoms with Crippen LogP contribution in [0.2, 0.25) is 5.15 Å². The summed E-state index contributed by atoms with van der Waals surface area (Å²) in [5, 5.41) is 1.31. The van der Waals surface area contributed by atoms with Gasteiger partial charge in [0, 0.05) is 11.8 Å². The van der Waals surface area contributed by atoms with Crippen LogP contribution in [-0.2, 0) is 7.05 Å². The summed E-state index contributed by atoms with van der Waals surface area (Å²) >= 11 is 7.55. The molecule has 0 radical (unpaired) electrons. The third-order valence-corrected chi connectivity index (χ3v) is 5.95. The van der Waals surface area contributed by atoms with Crippen LogP contribution in [0, 0.1) is 0 Å². The lowest BCUT2D eigenvalue weighted by molar-refractivity contribution is -0.719. The van der Waals surface area contributed by atoms with Gasteiger partial charge in [-0.3, -0.25) is 0 Å². The SMILES string of the molecule is COc1c(-c2ccccc2)c(=O)n2c([n+]1C)SC[C@@H]2c1ccc(Cl)nc1. The number of pyridine rings is 1. The number of nitrogens with zero attached hydrogens (tertiary/aromatic N) is 3. The number of fused-ring (bicyclic) bond motifs is 1. The molecule has 0 amide bonds. The molecular weight excluding hydrogens is 370 g/mol. The Hall–Kier alpha value is -2.31. The molecule has 0 saturated carbocycles. The average molecular weight is 387 g/mol. The molecule has 3 heterocycles. The van der Waals surface area contributed by atoms with Crippen molar-refractivity contribution in [3.8, 4) is 17.0 Å². The van der Waals surface area contributed by atoms with Crippen molar-refractivity contribution in [1.29, 1.82) is 0 Å². The Balaban J connectivity index is 1.97. The summed E-state index contributed by atoms with van der Waals surface area (Å²) in [6.45, 7) is 0. The molecule has 132 valence electrons. The Bertz CT molecular complexity index is 1020. The van der Waals surface area contributed by atoms with Crippen LogP contribution >= 0.6 is 23.4 Å². The molecule has 5 nitrogen and oxygen atoms in total. The van der Waals surface area contributed by atoms with Crippen LogP contribution in [0.5, 0.6) is 5.88 Å². The highest BCUT2D eigenvalue weighted by molar-refractivity contribution is 7.99. The average Bonchev–Trinajstić information content (AvgIpc) is 3.11. The molecule has 0 saturated heterocycles. The Morgan fingerprint density at radius 2 is 2.04 bits per heavy atom. The molecule has 2 aromatic heterocycles. The molecule has 7 heteroatoms. The molecule has 3 aromatic rings. The van der Waals surface area contributed by atoms with Crippen LogP contribution in [0.3, 0.4) is 0 Å². The molecule has 0 unspecified atom stereocenters. The van der Waals surface area contributed by atoms with Crippen molar-refractivity contribution in [2.24, 2.45) is 7.05 Å². The van der Waals surface area contributed by atoms with Crippen LogP contribution in [0.4, 0.5) is 0 Å². The van der Waals surface area contributed by atoms with Gasteiger partial charge in [0.05, 0.1) is 19.9 Å². The number of thioether (sulfide) groups is 1. The standard InChI is InChI=1S/C19H17ClN3O2S/c1-22-18(25-2)16(12-6-4-3-5-7-12)17(24)23-14(11-26-19(22)23)13-8-9-15(20)21-10-13/h3-10,14H,11H2,1-2H3/q+1/t14-/m1/s1. The number of rotatable bonds is 3. The maximum atomic E-state index is 13.5. The summed E-state index contributed by atoms with van der Waals surface area (Å²) in [4.78, 5) is 17.6. The Kier molecular flexibility index (Phi) is 4.46. The monoisotopic (exact) mass is 386 g/mol. The second-order valence-electron chi connectivity index (χ2n) is 6.01. The van der Waals surface area contributed by atoms with E-state index in [1.165, 1.54) is 0 Å². The number of halogens is 1. The first-order chi connectivity index (χ1) is 12.6. The van der Waals surface area contributed by atoms with Crippen molar-refractivity contribution in [2.75, 3.05) is 12.9 Å². The van der Waals surface area contributed by atoms with E-state index in [2.05, 4.69) is 4.98 Å². The summed E-state index contributed by atoms with van der Waals surface area (Å²) in [7, 11) is 3.52. The minimum Gasteiger partial charge on any atom is -0.465 e. The quantitative estimate of drug-likeness (QED) is 0.394. The van der Waals surface area contributed by atoms with Crippen LogP contribution in [-0.4, -0.2) is 22.4 Å². The predicted octanol–water partition coefficient (Wildman–Crippen LogP) is 3.09. The lowest BCUT2D eigenvalue weighted by Gasteiger charge is -2.13.